The average Bonchev–Trinajstić information content (AvgIpc) is 2.42. The summed E-state index contributed by atoms with van der Waals surface area (Å²) in [5.74, 6) is 4.93. The van der Waals surface area contributed by atoms with Gasteiger partial charge in [-0.1, -0.05) is 51.1 Å². The molecule has 0 fully saturated rings. The van der Waals surface area contributed by atoms with Crippen LogP contribution in [0.25, 0.3) is 0 Å². The quantitative estimate of drug-likeness (QED) is 0.492. The molecule has 4 nitrogen and oxygen atoms in total. The molecule has 0 aromatic heterocycles. The third-order valence-electron chi connectivity index (χ3n) is 4.05. The molecular formula is C16H27N3O. The standard InChI is InChI=1S/C16H27N3O/c1-12(16(2,3)4)19(5)11-14(15(20)18-17)13-9-7-6-8-10-13/h6-10,12,14H,11,17H2,1-5H3,(H,18,20). The van der Waals surface area contributed by atoms with Crippen molar-refractivity contribution < 1.29 is 4.79 Å². The summed E-state index contributed by atoms with van der Waals surface area (Å²) in [6.07, 6.45) is 0. The van der Waals surface area contributed by atoms with Crippen molar-refractivity contribution in [1.82, 2.24) is 10.3 Å². The van der Waals surface area contributed by atoms with Crippen LogP contribution in [0.2, 0.25) is 0 Å². The maximum Gasteiger partial charge on any atom is 0.242 e. The van der Waals surface area contributed by atoms with Gasteiger partial charge in [-0.05, 0) is 24.9 Å². The molecule has 0 radical (unpaired) electrons. The third-order valence-corrected chi connectivity index (χ3v) is 4.05. The molecule has 0 saturated heterocycles. The van der Waals surface area contributed by atoms with E-state index in [1.807, 2.05) is 30.3 Å². The highest BCUT2D eigenvalue weighted by molar-refractivity contribution is 5.83. The fraction of sp³-hybridized carbons (Fsp3) is 0.562. The largest absolute Gasteiger partial charge is 0.302 e. The fourth-order valence-electron chi connectivity index (χ4n) is 2.23. The highest BCUT2D eigenvalue weighted by Crippen LogP contribution is 2.25. The van der Waals surface area contributed by atoms with E-state index in [0.717, 1.165) is 5.56 Å². The molecular weight excluding hydrogens is 250 g/mol. The van der Waals surface area contributed by atoms with Gasteiger partial charge >= 0.3 is 0 Å². The number of benzene rings is 1. The van der Waals surface area contributed by atoms with Crippen molar-refractivity contribution in [1.29, 1.82) is 0 Å². The first-order valence-electron chi connectivity index (χ1n) is 7.03. The van der Waals surface area contributed by atoms with Gasteiger partial charge in [-0.25, -0.2) is 5.84 Å². The zero-order valence-electron chi connectivity index (χ0n) is 13.2. The SMILES string of the molecule is CC(N(C)CC(C(=O)NN)c1ccccc1)C(C)(C)C. The van der Waals surface area contributed by atoms with Gasteiger partial charge in [0.1, 0.15) is 0 Å². The lowest BCUT2D eigenvalue weighted by Crippen LogP contribution is -2.45. The lowest BCUT2D eigenvalue weighted by Gasteiger charge is -2.37. The van der Waals surface area contributed by atoms with Crippen molar-refractivity contribution in [3.8, 4) is 0 Å². The summed E-state index contributed by atoms with van der Waals surface area (Å²) in [6.45, 7) is 9.44. The highest BCUT2D eigenvalue weighted by atomic mass is 16.2. The van der Waals surface area contributed by atoms with E-state index in [1.54, 1.807) is 0 Å². The monoisotopic (exact) mass is 277 g/mol. The minimum atomic E-state index is -0.254. The molecule has 0 aliphatic rings. The number of hydrazine groups is 1. The number of nitrogens with zero attached hydrogens (tertiary/aromatic N) is 1. The van der Waals surface area contributed by atoms with Crippen LogP contribution in [-0.2, 0) is 4.79 Å². The van der Waals surface area contributed by atoms with Gasteiger partial charge in [-0.2, -0.15) is 0 Å². The molecule has 2 atom stereocenters. The molecule has 0 bridgehead atoms. The van der Waals surface area contributed by atoms with E-state index in [-0.39, 0.29) is 17.2 Å². The van der Waals surface area contributed by atoms with Crippen LogP contribution < -0.4 is 11.3 Å². The van der Waals surface area contributed by atoms with E-state index in [9.17, 15) is 4.79 Å². The molecule has 0 aliphatic carbocycles. The van der Waals surface area contributed by atoms with Crippen LogP contribution in [0, 0.1) is 5.41 Å². The first-order chi connectivity index (χ1) is 9.27. The average molecular weight is 277 g/mol. The summed E-state index contributed by atoms with van der Waals surface area (Å²) in [5.41, 5.74) is 3.43. The molecule has 1 aromatic carbocycles. The van der Waals surface area contributed by atoms with Gasteiger partial charge in [-0.15, -0.1) is 0 Å². The van der Waals surface area contributed by atoms with Crippen LogP contribution in [0.5, 0.6) is 0 Å². The number of hydrogen-bond acceptors (Lipinski definition) is 3. The van der Waals surface area contributed by atoms with Crippen molar-refractivity contribution in [2.75, 3.05) is 13.6 Å². The Kier molecular flexibility index (Phi) is 5.72. The van der Waals surface area contributed by atoms with Gasteiger partial charge in [0.25, 0.3) is 0 Å². The minimum absolute atomic E-state index is 0.149. The normalized spacial score (nSPS) is 14.9. The maximum absolute atomic E-state index is 12.1. The second kappa shape index (κ2) is 6.86. The van der Waals surface area contributed by atoms with Crippen LogP contribution in [-0.4, -0.2) is 30.4 Å². The molecule has 0 aliphatic heterocycles. The van der Waals surface area contributed by atoms with Crippen molar-refractivity contribution in [2.24, 2.45) is 11.3 Å². The summed E-state index contributed by atoms with van der Waals surface area (Å²) in [4.78, 5) is 14.3. The number of nitrogens with two attached hydrogens (primary N) is 1. The molecule has 2 unspecified atom stereocenters. The molecule has 112 valence electrons. The Balaban J connectivity index is 2.89. The Morgan fingerprint density at radius 1 is 1.30 bits per heavy atom. The van der Waals surface area contributed by atoms with Gasteiger partial charge in [0.05, 0.1) is 5.92 Å². The highest BCUT2D eigenvalue weighted by Gasteiger charge is 2.28. The van der Waals surface area contributed by atoms with Crippen LogP contribution in [0.1, 0.15) is 39.2 Å². The zero-order valence-corrected chi connectivity index (χ0v) is 13.2. The molecule has 3 N–H and O–H groups in total. The number of carbonyl (C=O) groups excluding carboxylic acids is 1. The topological polar surface area (TPSA) is 58.4 Å². The van der Waals surface area contributed by atoms with Crippen molar-refractivity contribution in [3.05, 3.63) is 35.9 Å². The Morgan fingerprint density at radius 3 is 2.30 bits per heavy atom. The Morgan fingerprint density at radius 2 is 1.85 bits per heavy atom. The number of hydrogen-bond donors (Lipinski definition) is 2. The van der Waals surface area contributed by atoms with Crippen LogP contribution in [0.4, 0.5) is 0 Å². The second-order valence-electron chi connectivity index (χ2n) is 6.45. The van der Waals surface area contributed by atoms with Gasteiger partial charge in [-0.3, -0.25) is 10.2 Å². The minimum Gasteiger partial charge on any atom is -0.302 e. The molecule has 0 heterocycles. The first-order valence-corrected chi connectivity index (χ1v) is 7.03. The smallest absolute Gasteiger partial charge is 0.242 e. The lowest BCUT2D eigenvalue weighted by molar-refractivity contribution is -0.123. The number of carbonyl (C=O) groups is 1. The van der Waals surface area contributed by atoms with Gasteiger partial charge in [0.2, 0.25) is 5.91 Å². The number of rotatable bonds is 5. The number of nitrogens with one attached hydrogen (secondary N) is 1. The van der Waals surface area contributed by atoms with E-state index in [4.69, 9.17) is 5.84 Å². The molecule has 1 aromatic rings. The van der Waals surface area contributed by atoms with Crippen LogP contribution >= 0.6 is 0 Å². The second-order valence-corrected chi connectivity index (χ2v) is 6.45. The van der Waals surface area contributed by atoms with Crippen molar-refractivity contribution in [3.63, 3.8) is 0 Å². The van der Waals surface area contributed by atoms with E-state index in [1.165, 1.54) is 0 Å². The van der Waals surface area contributed by atoms with Gasteiger partial charge in [0.15, 0.2) is 0 Å². The first kappa shape index (κ1) is 16.7. The van der Waals surface area contributed by atoms with E-state index in [2.05, 4.69) is 45.1 Å². The molecule has 0 spiro atoms. The fourth-order valence-corrected chi connectivity index (χ4v) is 2.23. The van der Waals surface area contributed by atoms with Gasteiger partial charge < -0.3 is 4.90 Å². The summed E-state index contributed by atoms with van der Waals surface area (Å²) in [6, 6.07) is 10.1. The molecule has 20 heavy (non-hydrogen) atoms. The van der Waals surface area contributed by atoms with Crippen LogP contribution in [0.3, 0.4) is 0 Å². The number of likely N-dealkylation sites (N-methyl/N-ethyl adjacent to an activating group) is 1. The summed E-state index contributed by atoms with van der Waals surface area (Å²) in [7, 11) is 2.05. The third kappa shape index (κ3) is 4.32. The van der Waals surface area contributed by atoms with Crippen molar-refractivity contribution in [2.45, 2.75) is 39.7 Å². The molecule has 4 heteroatoms. The summed E-state index contributed by atoms with van der Waals surface area (Å²) < 4.78 is 0. The predicted octanol–water partition coefficient (Wildman–Crippen LogP) is 2.13. The predicted molar refractivity (Wildman–Crippen MR) is 83.1 cm³/mol. The lowest BCUT2D eigenvalue weighted by atomic mass is 9.86. The van der Waals surface area contributed by atoms with E-state index < -0.39 is 0 Å². The Labute approximate surface area is 122 Å². The zero-order chi connectivity index (χ0) is 15.3. The summed E-state index contributed by atoms with van der Waals surface area (Å²) in [5, 5.41) is 0. The van der Waals surface area contributed by atoms with E-state index >= 15 is 0 Å². The van der Waals surface area contributed by atoms with Crippen LogP contribution in [0.15, 0.2) is 30.3 Å². The number of amides is 1. The molecule has 0 saturated carbocycles. The van der Waals surface area contributed by atoms with E-state index in [0.29, 0.717) is 12.6 Å². The van der Waals surface area contributed by atoms with Gasteiger partial charge in [0, 0.05) is 12.6 Å². The molecule has 1 amide bonds. The maximum atomic E-state index is 12.1. The summed E-state index contributed by atoms with van der Waals surface area (Å²) >= 11 is 0. The Bertz CT molecular complexity index is 425. The van der Waals surface area contributed by atoms with Crippen molar-refractivity contribution >= 4 is 5.91 Å². The Hall–Kier alpha value is -1.39. The molecule has 1 rings (SSSR count).